The van der Waals surface area contributed by atoms with Gasteiger partial charge in [-0.1, -0.05) is 18.5 Å². The smallest absolute Gasteiger partial charge is 0.151 e. The van der Waals surface area contributed by atoms with Gasteiger partial charge in [-0.25, -0.2) is 0 Å². The van der Waals surface area contributed by atoms with E-state index in [4.69, 9.17) is 4.52 Å². The summed E-state index contributed by atoms with van der Waals surface area (Å²) in [6.45, 7) is 12.5. The zero-order chi connectivity index (χ0) is 14.5. The highest BCUT2D eigenvalue weighted by Gasteiger charge is 2.14. The van der Waals surface area contributed by atoms with Gasteiger partial charge in [0.1, 0.15) is 0 Å². The van der Waals surface area contributed by atoms with Crippen molar-refractivity contribution in [2.45, 2.75) is 72.1 Å². The van der Waals surface area contributed by atoms with E-state index >= 15 is 0 Å². The average molecular weight is 267 g/mol. The Labute approximate surface area is 117 Å². The van der Waals surface area contributed by atoms with Crippen LogP contribution in [-0.2, 0) is 13.1 Å². The highest BCUT2D eigenvalue weighted by molar-refractivity contribution is 5.05. The Morgan fingerprint density at radius 3 is 2.68 bits per heavy atom. The van der Waals surface area contributed by atoms with Crippen LogP contribution in [0.4, 0.5) is 0 Å². The van der Waals surface area contributed by atoms with Crippen LogP contribution in [0.2, 0.25) is 0 Å². The van der Waals surface area contributed by atoms with Crippen molar-refractivity contribution >= 4 is 0 Å². The fourth-order valence-electron chi connectivity index (χ4n) is 1.91. The first-order valence-corrected chi connectivity index (χ1v) is 7.21. The first kappa shape index (κ1) is 16.2. The SMILES string of the molecule is CCCC(C)N(C)Cc1cc(CNC(C)(C)C)no1. The van der Waals surface area contributed by atoms with Gasteiger partial charge in [0.15, 0.2) is 5.76 Å². The van der Waals surface area contributed by atoms with Crippen LogP contribution in [0, 0.1) is 0 Å². The lowest BCUT2D eigenvalue weighted by Gasteiger charge is -2.22. The zero-order valence-corrected chi connectivity index (χ0v) is 13.3. The van der Waals surface area contributed by atoms with Crippen LogP contribution in [0.1, 0.15) is 58.9 Å². The molecule has 4 heteroatoms. The van der Waals surface area contributed by atoms with Gasteiger partial charge in [-0.15, -0.1) is 0 Å². The van der Waals surface area contributed by atoms with Crippen LogP contribution in [-0.4, -0.2) is 28.7 Å². The minimum Gasteiger partial charge on any atom is -0.360 e. The largest absolute Gasteiger partial charge is 0.360 e. The summed E-state index contributed by atoms with van der Waals surface area (Å²) >= 11 is 0. The number of hydrogen-bond acceptors (Lipinski definition) is 4. The molecule has 1 aromatic rings. The highest BCUT2D eigenvalue weighted by atomic mass is 16.5. The Morgan fingerprint density at radius 2 is 2.11 bits per heavy atom. The van der Waals surface area contributed by atoms with Gasteiger partial charge in [0.2, 0.25) is 0 Å². The van der Waals surface area contributed by atoms with Crippen LogP contribution in [0.5, 0.6) is 0 Å². The zero-order valence-electron chi connectivity index (χ0n) is 13.3. The molecule has 0 saturated carbocycles. The molecule has 0 spiro atoms. The van der Waals surface area contributed by atoms with Crippen molar-refractivity contribution in [2.24, 2.45) is 0 Å². The van der Waals surface area contributed by atoms with Crippen LogP contribution >= 0.6 is 0 Å². The summed E-state index contributed by atoms with van der Waals surface area (Å²) in [6.07, 6.45) is 2.42. The van der Waals surface area contributed by atoms with Crippen molar-refractivity contribution in [2.75, 3.05) is 7.05 Å². The maximum absolute atomic E-state index is 5.40. The van der Waals surface area contributed by atoms with Gasteiger partial charge in [-0.05, 0) is 41.2 Å². The Hall–Kier alpha value is -0.870. The first-order chi connectivity index (χ1) is 8.81. The fraction of sp³-hybridized carbons (Fsp3) is 0.800. The molecule has 110 valence electrons. The molecule has 0 saturated heterocycles. The van der Waals surface area contributed by atoms with Gasteiger partial charge in [0.25, 0.3) is 0 Å². The number of rotatable bonds is 7. The minimum absolute atomic E-state index is 0.103. The molecule has 1 rings (SSSR count). The summed E-state index contributed by atoms with van der Waals surface area (Å²) in [5.41, 5.74) is 1.08. The summed E-state index contributed by atoms with van der Waals surface area (Å²) in [4.78, 5) is 2.31. The van der Waals surface area contributed by atoms with E-state index in [0.717, 1.165) is 24.5 Å². The summed E-state index contributed by atoms with van der Waals surface area (Å²) in [6, 6.07) is 2.62. The average Bonchev–Trinajstić information content (AvgIpc) is 2.73. The number of nitrogens with zero attached hydrogens (tertiary/aromatic N) is 2. The maximum atomic E-state index is 5.40. The summed E-state index contributed by atoms with van der Waals surface area (Å²) in [5.74, 6) is 0.941. The highest BCUT2D eigenvalue weighted by Crippen LogP contribution is 2.12. The Balaban J connectivity index is 2.46. The second-order valence-corrected chi connectivity index (χ2v) is 6.44. The molecule has 0 amide bonds. The molecule has 1 N–H and O–H groups in total. The molecule has 0 fully saturated rings. The molecule has 1 atom stereocenters. The predicted octanol–water partition coefficient (Wildman–Crippen LogP) is 3.18. The summed E-state index contributed by atoms with van der Waals surface area (Å²) in [5, 5.41) is 7.53. The van der Waals surface area contributed by atoms with Gasteiger partial charge >= 0.3 is 0 Å². The number of aromatic nitrogens is 1. The van der Waals surface area contributed by atoms with Gasteiger partial charge < -0.3 is 9.84 Å². The normalized spacial score (nSPS) is 14.1. The van der Waals surface area contributed by atoms with Crippen molar-refractivity contribution in [3.8, 4) is 0 Å². The first-order valence-electron chi connectivity index (χ1n) is 7.21. The second kappa shape index (κ2) is 7.06. The molecule has 1 heterocycles. The van der Waals surface area contributed by atoms with Crippen LogP contribution in [0.25, 0.3) is 0 Å². The van der Waals surface area contributed by atoms with E-state index < -0.39 is 0 Å². The fourth-order valence-corrected chi connectivity index (χ4v) is 1.91. The number of hydrogen-bond donors (Lipinski definition) is 1. The molecule has 0 radical (unpaired) electrons. The van der Waals surface area contributed by atoms with Crippen LogP contribution in [0.15, 0.2) is 10.6 Å². The van der Waals surface area contributed by atoms with E-state index in [1.165, 1.54) is 12.8 Å². The Kier molecular flexibility index (Phi) is 6.01. The van der Waals surface area contributed by atoms with E-state index in [9.17, 15) is 0 Å². The summed E-state index contributed by atoms with van der Waals surface area (Å²) < 4.78 is 5.40. The third-order valence-electron chi connectivity index (χ3n) is 3.27. The van der Waals surface area contributed by atoms with Gasteiger partial charge in [0, 0.05) is 24.2 Å². The maximum Gasteiger partial charge on any atom is 0.151 e. The van der Waals surface area contributed by atoms with Gasteiger partial charge in [0.05, 0.1) is 12.2 Å². The van der Waals surface area contributed by atoms with E-state index in [-0.39, 0.29) is 5.54 Å². The molecule has 0 aliphatic heterocycles. The van der Waals surface area contributed by atoms with E-state index in [1.807, 2.05) is 6.07 Å². The van der Waals surface area contributed by atoms with Gasteiger partial charge in [-0.3, -0.25) is 4.90 Å². The van der Waals surface area contributed by atoms with Crippen molar-refractivity contribution in [3.05, 3.63) is 17.5 Å². The predicted molar refractivity (Wildman–Crippen MR) is 78.9 cm³/mol. The topological polar surface area (TPSA) is 41.3 Å². The number of nitrogens with one attached hydrogen (secondary N) is 1. The molecule has 19 heavy (non-hydrogen) atoms. The molecule has 1 unspecified atom stereocenters. The van der Waals surface area contributed by atoms with Crippen molar-refractivity contribution < 1.29 is 4.52 Å². The van der Waals surface area contributed by atoms with E-state index in [2.05, 4.69) is 57.0 Å². The molecule has 0 aromatic carbocycles. The Bertz CT molecular complexity index is 368. The van der Waals surface area contributed by atoms with E-state index in [1.54, 1.807) is 0 Å². The van der Waals surface area contributed by atoms with Crippen LogP contribution in [0.3, 0.4) is 0 Å². The lowest BCUT2D eigenvalue weighted by molar-refractivity contribution is 0.209. The monoisotopic (exact) mass is 267 g/mol. The molecular formula is C15H29N3O. The standard InChI is InChI=1S/C15H29N3O/c1-7-8-12(2)18(6)11-14-9-13(17-19-14)10-16-15(3,4)5/h9,12,16H,7-8,10-11H2,1-6H3. The summed E-state index contributed by atoms with van der Waals surface area (Å²) in [7, 11) is 2.13. The molecule has 4 nitrogen and oxygen atoms in total. The van der Waals surface area contributed by atoms with Crippen LogP contribution < -0.4 is 5.32 Å². The van der Waals surface area contributed by atoms with Crippen molar-refractivity contribution in [3.63, 3.8) is 0 Å². The molecular weight excluding hydrogens is 238 g/mol. The quantitative estimate of drug-likeness (QED) is 0.824. The molecule has 1 aromatic heterocycles. The van der Waals surface area contributed by atoms with E-state index in [0.29, 0.717) is 6.04 Å². The lowest BCUT2D eigenvalue weighted by Crippen LogP contribution is -2.35. The minimum atomic E-state index is 0.103. The molecule has 0 aliphatic carbocycles. The third-order valence-corrected chi connectivity index (χ3v) is 3.27. The van der Waals surface area contributed by atoms with Crippen molar-refractivity contribution in [1.82, 2.24) is 15.4 Å². The lowest BCUT2D eigenvalue weighted by atomic mass is 10.1. The Morgan fingerprint density at radius 1 is 1.42 bits per heavy atom. The third kappa shape index (κ3) is 6.21. The molecule has 0 bridgehead atoms. The van der Waals surface area contributed by atoms with Gasteiger partial charge in [-0.2, -0.15) is 0 Å². The molecule has 0 aliphatic rings. The second-order valence-electron chi connectivity index (χ2n) is 6.44. The van der Waals surface area contributed by atoms with Crippen molar-refractivity contribution in [1.29, 1.82) is 0 Å².